The molecule has 0 unspecified atom stereocenters. The fraction of sp³-hybridized carbons (Fsp3) is 0.484. The molecular formula is C31H35N3O4S. The molecular weight excluding hydrogens is 510 g/mol. The Hall–Kier alpha value is -2.94. The van der Waals surface area contributed by atoms with E-state index in [4.69, 9.17) is 14.5 Å². The van der Waals surface area contributed by atoms with Gasteiger partial charge in [-0.05, 0) is 66.8 Å². The van der Waals surface area contributed by atoms with Crippen LogP contribution in [-0.4, -0.2) is 59.8 Å². The molecule has 2 saturated heterocycles. The van der Waals surface area contributed by atoms with Crippen molar-refractivity contribution in [2.75, 3.05) is 37.7 Å². The molecule has 2 aromatic carbocycles. The lowest BCUT2D eigenvalue weighted by Gasteiger charge is -2.37. The van der Waals surface area contributed by atoms with Gasteiger partial charge in [-0.2, -0.15) is 0 Å². The number of fused-ring (bicyclic) bond motifs is 2. The number of nitrogens with zero attached hydrogens (tertiary/aromatic N) is 3. The van der Waals surface area contributed by atoms with Gasteiger partial charge in [0.15, 0.2) is 5.13 Å². The highest BCUT2D eigenvalue weighted by atomic mass is 32.1. The van der Waals surface area contributed by atoms with E-state index in [1.54, 1.807) is 11.3 Å². The SMILES string of the molecule is O=C(O)[C@@]12CCN(c3nc(-c4ccccc4OCc4ccc5c(c4)CCN(C4CCOCC4)C5)cs3)C[C@@H]1C2. The highest BCUT2D eigenvalue weighted by Crippen LogP contribution is 2.58. The van der Waals surface area contributed by atoms with Crippen LogP contribution < -0.4 is 9.64 Å². The molecule has 2 atom stereocenters. The van der Waals surface area contributed by atoms with E-state index < -0.39 is 11.4 Å². The van der Waals surface area contributed by atoms with Crippen molar-refractivity contribution in [1.29, 1.82) is 0 Å². The molecule has 204 valence electrons. The number of rotatable bonds is 7. The van der Waals surface area contributed by atoms with Gasteiger partial charge in [0.05, 0.1) is 11.1 Å². The second kappa shape index (κ2) is 10.2. The van der Waals surface area contributed by atoms with Crippen LogP contribution in [0.2, 0.25) is 0 Å². The fourth-order valence-electron chi connectivity index (χ4n) is 6.74. The monoisotopic (exact) mass is 545 g/mol. The van der Waals surface area contributed by atoms with Gasteiger partial charge in [-0.15, -0.1) is 11.3 Å². The summed E-state index contributed by atoms with van der Waals surface area (Å²) in [6.07, 6.45) is 4.88. The smallest absolute Gasteiger partial charge is 0.310 e. The molecule has 8 heteroatoms. The van der Waals surface area contributed by atoms with Crippen LogP contribution >= 0.6 is 11.3 Å². The largest absolute Gasteiger partial charge is 0.488 e. The third-order valence-electron chi connectivity index (χ3n) is 9.27. The molecule has 0 amide bonds. The molecule has 0 spiro atoms. The number of aromatic nitrogens is 1. The molecule has 4 heterocycles. The number of hydrogen-bond donors (Lipinski definition) is 1. The van der Waals surface area contributed by atoms with E-state index >= 15 is 0 Å². The summed E-state index contributed by atoms with van der Waals surface area (Å²) in [4.78, 5) is 21.5. The number of para-hydroxylation sites is 1. The molecule has 1 saturated carbocycles. The predicted molar refractivity (Wildman–Crippen MR) is 151 cm³/mol. The van der Waals surface area contributed by atoms with Crippen molar-refractivity contribution < 1.29 is 19.4 Å². The summed E-state index contributed by atoms with van der Waals surface area (Å²) in [6.45, 7) is 5.98. The number of anilines is 1. The lowest BCUT2D eigenvalue weighted by atomic mass is 9.95. The second-order valence-corrected chi connectivity index (χ2v) is 12.4. The molecule has 0 bridgehead atoms. The zero-order valence-corrected chi connectivity index (χ0v) is 23.0. The summed E-state index contributed by atoms with van der Waals surface area (Å²) in [5, 5.41) is 12.6. The van der Waals surface area contributed by atoms with Crippen molar-refractivity contribution in [2.24, 2.45) is 11.3 Å². The molecule has 1 aromatic heterocycles. The number of carbonyl (C=O) groups is 1. The minimum Gasteiger partial charge on any atom is -0.488 e. The topological polar surface area (TPSA) is 75.1 Å². The van der Waals surface area contributed by atoms with Crippen molar-refractivity contribution >= 4 is 22.4 Å². The molecule has 1 aliphatic carbocycles. The van der Waals surface area contributed by atoms with E-state index in [1.807, 2.05) is 18.2 Å². The van der Waals surface area contributed by atoms with Gasteiger partial charge in [0.25, 0.3) is 0 Å². The number of thiazole rings is 1. The van der Waals surface area contributed by atoms with Gasteiger partial charge in [0, 0.05) is 56.4 Å². The van der Waals surface area contributed by atoms with Crippen molar-refractivity contribution in [3.05, 3.63) is 64.5 Å². The first-order chi connectivity index (χ1) is 19.1. The van der Waals surface area contributed by atoms with Gasteiger partial charge in [-0.25, -0.2) is 4.98 Å². The maximum absolute atomic E-state index is 11.6. The Bertz CT molecular complexity index is 1370. The van der Waals surface area contributed by atoms with Gasteiger partial charge in [0.2, 0.25) is 0 Å². The van der Waals surface area contributed by atoms with E-state index in [-0.39, 0.29) is 5.92 Å². The van der Waals surface area contributed by atoms with Gasteiger partial charge in [-0.3, -0.25) is 9.69 Å². The minimum absolute atomic E-state index is 0.244. The number of piperidine rings is 1. The van der Waals surface area contributed by atoms with E-state index in [9.17, 15) is 9.90 Å². The molecule has 39 heavy (non-hydrogen) atoms. The molecule has 3 aromatic rings. The summed E-state index contributed by atoms with van der Waals surface area (Å²) in [5.41, 5.74) is 5.51. The number of hydrogen-bond acceptors (Lipinski definition) is 7. The minimum atomic E-state index is -0.631. The third-order valence-corrected chi connectivity index (χ3v) is 10.2. The van der Waals surface area contributed by atoms with E-state index in [0.29, 0.717) is 19.1 Å². The average molecular weight is 546 g/mol. The van der Waals surface area contributed by atoms with Gasteiger partial charge >= 0.3 is 5.97 Å². The van der Waals surface area contributed by atoms with Crippen LogP contribution in [0.25, 0.3) is 11.3 Å². The Balaban J connectivity index is 1.01. The van der Waals surface area contributed by atoms with E-state index in [0.717, 1.165) is 87.2 Å². The maximum atomic E-state index is 11.6. The predicted octanol–water partition coefficient (Wildman–Crippen LogP) is 5.23. The second-order valence-electron chi connectivity index (χ2n) is 11.5. The number of benzene rings is 2. The Morgan fingerprint density at radius 1 is 1.15 bits per heavy atom. The first kappa shape index (κ1) is 25.1. The number of ether oxygens (including phenoxy) is 2. The number of carboxylic acid groups (broad SMARTS) is 1. The molecule has 0 radical (unpaired) electrons. The number of carboxylic acids is 1. The van der Waals surface area contributed by atoms with Crippen LogP contribution in [0.5, 0.6) is 5.75 Å². The van der Waals surface area contributed by atoms with Gasteiger partial charge in [0.1, 0.15) is 12.4 Å². The van der Waals surface area contributed by atoms with Crippen molar-refractivity contribution in [2.45, 2.75) is 51.3 Å². The summed E-state index contributed by atoms with van der Waals surface area (Å²) in [7, 11) is 0. The van der Waals surface area contributed by atoms with Crippen LogP contribution in [0.1, 0.15) is 42.4 Å². The highest BCUT2D eigenvalue weighted by Gasteiger charge is 2.62. The average Bonchev–Trinajstić information content (AvgIpc) is 3.54. The highest BCUT2D eigenvalue weighted by molar-refractivity contribution is 7.14. The van der Waals surface area contributed by atoms with Crippen LogP contribution in [0.4, 0.5) is 5.13 Å². The van der Waals surface area contributed by atoms with Crippen molar-refractivity contribution in [1.82, 2.24) is 9.88 Å². The van der Waals surface area contributed by atoms with Crippen LogP contribution in [0, 0.1) is 11.3 Å². The Morgan fingerprint density at radius 3 is 2.87 bits per heavy atom. The Morgan fingerprint density at radius 2 is 2.03 bits per heavy atom. The molecule has 7 rings (SSSR count). The molecule has 7 nitrogen and oxygen atoms in total. The lowest BCUT2D eigenvalue weighted by Crippen LogP contribution is -2.42. The third kappa shape index (κ3) is 4.83. The summed E-state index contributed by atoms with van der Waals surface area (Å²) >= 11 is 1.63. The van der Waals surface area contributed by atoms with Gasteiger partial charge < -0.3 is 19.5 Å². The van der Waals surface area contributed by atoms with Crippen LogP contribution in [0.3, 0.4) is 0 Å². The zero-order chi connectivity index (χ0) is 26.4. The lowest BCUT2D eigenvalue weighted by molar-refractivity contribution is -0.144. The molecule has 4 aliphatic rings. The summed E-state index contributed by atoms with van der Waals surface area (Å²) in [5.74, 6) is 0.450. The Kier molecular flexibility index (Phi) is 6.57. The number of aliphatic carboxylic acids is 1. The zero-order valence-electron chi connectivity index (χ0n) is 22.2. The summed E-state index contributed by atoms with van der Waals surface area (Å²) < 4.78 is 11.9. The van der Waals surface area contributed by atoms with Crippen LogP contribution in [-0.2, 0) is 29.1 Å². The molecule has 3 fully saturated rings. The quantitative estimate of drug-likeness (QED) is 0.436. The fourth-order valence-corrected chi connectivity index (χ4v) is 7.60. The summed E-state index contributed by atoms with van der Waals surface area (Å²) in [6, 6.07) is 15.6. The normalized spacial score (nSPS) is 25.1. The first-order valence-corrected chi connectivity index (χ1v) is 15.1. The van der Waals surface area contributed by atoms with Gasteiger partial charge in [-0.1, -0.05) is 30.3 Å². The Labute approximate surface area is 233 Å². The maximum Gasteiger partial charge on any atom is 0.310 e. The van der Waals surface area contributed by atoms with E-state index in [2.05, 4.69) is 39.4 Å². The molecule has 3 aliphatic heterocycles. The van der Waals surface area contributed by atoms with Crippen molar-refractivity contribution in [3.63, 3.8) is 0 Å². The first-order valence-electron chi connectivity index (χ1n) is 14.2. The van der Waals surface area contributed by atoms with Crippen LogP contribution in [0.15, 0.2) is 47.8 Å². The standard InChI is InChI=1S/C31H35N3O4S/c35-29(36)31-10-12-34(18-24(31)16-31)30-32-27(20-39-30)26-3-1-2-4-28(26)38-19-21-5-6-23-17-33(11-7-22(23)15-21)25-8-13-37-14-9-25/h1-6,15,20,24-25H,7-14,16-19H2,(H,35,36)/t24-,31+/m0/s1. The van der Waals surface area contributed by atoms with E-state index in [1.165, 1.54) is 16.7 Å². The van der Waals surface area contributed by atoms with Crippen molar-refractivity contribution in [3.8, 4) is 17.0 Å². The molecule has 1 N–H and O–H groups in total.